The third-order valence-corrected chi connectivity index (χ3v) is 5.70. The molecule has 1 saturated heterocycles. The maximum Gasteiger partial charge on any atom is 0.230 e. The maximum atomic E-state index is 11.6. The molecule has 0 N–H and O–H groups in total. The van der Waals surface area contributed by atoms with Gasteiger partial charge in [0, 0.05) is 23.9 Å². The van der Waals surface area contributed by atoms with E-state index < -0.39 is 0 Å². The topological polar surface area (TPSA) is 72.1 Å². The monoisotopic (exact) mass is 340 g/mol. The van der Waals surface area contributed by atoms with Crippen LogP contribution in [0.1, 0.15) is 50.3 Å². The van der Waals surface area contributed by atoms with Gasteiger partial charge in [0.15, 0.2) is 0 Å². The van der Waals surface area contributed by atoms with E-state index in [-0.39, 0.29) is 12.0 Å². The molecule has 6 nitrogen and oxygen atoms in total. The van der Waals surface area contributed by atoms with E-state index in [9.17, 15) is 4.79 Å². The van der Waals surface area contributed by atoms with E-state index in [0.717, 1.165) is 37.4 Å². The minimum absolute atomic E-state index is 0.0958. The molecule has 25 heavy (non-hydrogen) atoms. The molecule has 4 rings (SSSR count). The SMILES string of the molecule is O=CC(C1CCCC1)N1CCC(c2nc(-c3ccncc3)no2)CC1. The fourth-order valence-corrected chi connectivity index (χ4v) is 4.26. The van der Waals surface area contributed by atoms with Crippen LogP contribution in [0.3, 0.4) is 0 Å². The highest BCUT2D eigenvalue weighted by Gasteiger charge is 2.33. The first-order valence-corrected chi connectivity index (χ1v) is 9.28. The molecule has 132 valence electrons. The lowest BCUT2D eigenvalue weighted by Crippen LogP contribution is -2.45. The molecule has 3 heterocycles. The molecular formula is C19H24N4O2. The molecule has 0 radical (unpaired) electrons. The first-order chi connectivity index (χ1) is 12.3. The van der Waals surface area contributed by atoms with Gasteiger partial charge in [0.25, 0.3) is 0 Å². The molecule has 2 aromatic rings. The second kappa shape index (κ2) is 7.44. The Balaban J connectivity index is 1.39. The molecule has 1 aliphatic heterocycles. The van der Waals surface area contributed by atoms with Crippen LogP contribution >= 0.6 is 0 Å². The first kappa shape index (κ1) is 16.4. The van der Waals surface area contributed by atoms with Gasteiger partial charge in [0.05, 0.1) is 6.04 Å². The highest BCUT2D eigenvalue weighted by molar-refractivity contribution is 5.58. The van der Waals surface area contributed by atoms with Gasteiger partial charge < -0.3 is 9.32 Å². The van der Waals surface area contributed by atoms with Gasteiger partial charge in [-0.2, -0.15) is 4.98 Å². The summed E-state index contributed by atoms with van der Waals surface area (Å²) in [5, 5.41) is 4.11. The molecule has 6 heteroatoms. The average Bonchev–Trinajstić information content (AvgIpc) is 3.36. The zero-order chi connectivity index (χ0) is 17.1. The predicted octanol–water partition coefficient (Wildman–Crippen LogP) is 3.07. The van der Waals surface area contributed by atoms with Crippen LogP contribution in [0.5, 0.6) is 0 Å². The van der Waals surface area contributed by atoms with E-state index in [1.54, 1.807) is 12.4 Å². The van der Waals surface area contributed by atoms with Crippen molar-refractivity contribution in [3.05, 3.63) is 30.4 Å². The molecule has 2 fully saturated rings. The van der Waals surface area contributed by atoms with Gasteiger partial charge in [-0.25, -0.2) is 0 Å². The van der Waals surface area contributed by atoms with E-state index in [2.05, 4.69) is 20.0 Å². The molecule has 1 unspecified atom stereocenters. The Morgan fingerprint density at radius 1 is 1.12 bits per heavy atom. The largest absolute Gasteiger partial charge is 0.339 e. The molecule has 0 bridgehead atoms. The number of nitrogens with zero attached hydrogens (tertiary/aromatic N) is 4. The van der Waals surface area contributed by atoms with Gasteiger partial charge >= 0.3 is 0 Å². The Morgan fingerprint density at radius 2 is 1.84 bits per heavy atom. The number of piperidine rings is 1. The number of hydrogen-bond donors (Lipinski definition) is 0. The number of pyridine rings is 1. The van der Waals surface area contributed by atoms with Crippen molar-refractivity contribution in [1.29, 1.82) is 0 Å². The van der Waals surface area contributed by atoms with Crippen molar-refractivity contribution in [3.63, 3.8) is 0 Å². The fraction of sp³-hybridized carbons (Fsp3) is 0.579. The Morgan fingerprint density at radius 3 is 2.52 bits per heavy atom. The van der Waals surface area contributed by atoms with Gasteiger partial charge in [0.1, 0.15) is 6.29 Å². The smallest absolute Gasteiger partial charge is 0.230 e. The molecule has 1 aliphatic carbocycles. The number of hydrogen-bond acceptors (Lipinski definition) is 6. The van der Waals surface area contributed by atoms with Crippen molar-refractivity contribution < 1.29 is 9.32 Å². The molecule has 1 saturated carbocycles. The van der Waals surface area contributed by atoms with E-state index in [1.165, 1.54) is 32.0 Å². The van der Waals surface area contributed by atoms with E-state index in [0.29, 0.717) is 11.7 Å². The minimum Gasteiger partial charge on any atom is -0.339 e. The van der Waals surface area contributed by atoms with E-state index >= 15 is 0 Å². The molecule has 2 aromatic heterocycles. The Labute approximate surface area is 147 Å². The summed E-state index contributed by atoms with van der Waals surface area (Å²) < 4.78 is 5.51. The number of aromatic nitrogens is 3. The molecule has 0 spiro atoms. The lowest BCUT2D eigenvalue weighted by molar-refractivity contribution is -0.114. The van der Waals surface area contributed by atoms with Crippen LogP contribution < -0.4 is 0 Å². The van der Waals surface area contributed by atoms with Gasteiger partial charge in [0.2, 0.25) is 11.7 Å². The molecule has 0 aromatic carbocycles. The van der Waals surface area contributed by atoms with Crippen LogP contribution in [0.4, 0.5) is 0 Å². The van der Waals surface area contributed by atoms with Crippen molar-refractivity contribution in [2.24, 2.45) is 5.92 Å². The third kappa shape index (κ3) is 3.49. The predicted molar refractivity (Wildman–Crippen MR) is 92.9 cm³/mol. The van der Waals surface area contributed by atoms with Crippen LogP contribution in [-0.2, 0) is 4.79 Å². The Kier molecular flexibility index (Phi) is 4.88. The van der Waals surface area contributed by atoms with Gasteiger partial charge in [-0.3, -0.25) is 9.88 Å². The summed E-state index contributed by atoms with van der Waals surface area (Å²) in [5.74, 6) is 2.18. The van der Waals surface area contributed by atoms with Gasteiger partial charge in [-0.1, -0.05) is 18.0 Å². The highest BCUT2D eigenvalue weighted by Crippen LogP contribution is 2.34. The summed E-state index contributed by atoms with van der Waals surface area (Å²) in [4.78, 5) is 22.6. The van der Waals surface area contributed by atoms with Crippen molar-refractivity contribution in [3.8, 4) is 11.4 Å². The van der Waals surface area contributed by atoms with Crippen molar-refractivity contribution in [2.75, 3.05) is 13.1 Å². The Bertz CT molecular complexity index is 688. The third-order valence-electron chi connectivity index (χ3n) is 5.70. The summed E-state index contributed by atoms with van der Waals surface area (Å²) in [6.07, 6.45) is 11.5. The van der Waals surface area contributed by atoms with E-state index in [4.69, 9.17) is 4.52 Å². The van der Waals surface area contributed by atoms with Crippen molar-refractivity contribution in [2.45, 2.75) is 50.5 Å². The summed E-state index contributed by atoms with van der Waals surface area (Å²) in [7, 11) is 0. The Hall–Kier alpha value is -2.08. The summed E-state index contributed by atoms with van der Waals surface area (Å²) in [6, 6.07) is 3.86. The van der Waals surface area contributed by atoms with Crippen LogP contribution in [-0.4, -0.2) is 45.4 Å². The standard InChI is InChI=1S/C19H24N4O2/c24-13-17(14-3-1-2-4-14)23-11-7-16(8-12-23)19-21-18(22-25-19)15-5-9-20-10-6-15/h5-6,9-10,13-14,16-17H,1-4,7-8,11-12H2. The minimum atomic E-state index is 0.0958. The zero-order valence-corrected chi connectivity index (χ0v) is 14.4. The lowest BCUT2D eigenvalue weighted by Gasteiger charge is -2.36. The van der Waals surface area contributed by atoms with Crippen LogP contribution in [0, 0.1) is 5.92 Å². The number of likely N-dealkylation sites (tertiary alicyclic amines) is 1. The average molecular weight is 340 g/mol. The van der Waals surface area contributed by atoms with Crippen molar-refractivity contribution in [1.82, 2.24) is 20.0 Å². The van der Waals surface area contributed by atoms with Crippen LogP contribution in [0.2, 0.25) is 0 Å². The number of aldehydes is 1. The fourth-order valence-electron chi connectivity index (χ4n) is 4.26. The second-order valence-corrected chi connectivity index (χ2v) is 7.17. The quantitative estimate of drug-likeness (QED) is 0.779. The van der Waals surface area contributed by atoms with Crippen LogP contribution in [0.15, 0.2) is 29.0 Å². The summed E-state index contributed by atoms with van der Waals surface area (Å²) >= 11 is 0. The molecule has 2 aliphatic rings. The number of carbonyl (C=O) groups is 1. The maximum absolute atomic E-state index is 11.6. The zero-order valence-electron chi connectivity index (χ0n) is 14.4. The number of rotatable bonds is 5. The lowest BCUT2D eigenvalue weighted by atomic mass is 9.91. The van der Waals surface area contributed by atoms with Crippen molar-refractivity contribution >= 4 is 6.29 Å². The van der Waals surface area contributed by atoms with Crippen LogP contribution in [0.25, 0.3) is 11.4 Å². The first-order valence-electron chi connectivity index (χ1n) is 9.28. The summed E-state index contributed by atoms with van der Waals surface area (Å²) in [6.45, 7) is 1.86. The van der Waals surface area contributed by atoms with Gasteiger partial charge in [-0.05, 0) is 56.8 Å². The van der Waals surface area contributed by atoms with E-state index in [1.807, 2.05) is 12.1 Å². The number of carbonyl (C=O) groups excluding carboxylic acids is 1. The summed E-state index contributed by atoms with van der Waals surface area (Å²) in [5.41, 5.74) is 0.921. The normalized spacial score (nSPS) is 21.4. The molecular weight excluding hydrogens is 316 g/mol. The molecule has 0 amide bonds. The molecule has 1 atom stereocenters. The second-order valence-electron chi connectivity index (χ2n) is 7.17. The highest BCUT2D eigenvalue weighted by atomic mass is 16.5. The van der Waals surface area contributed by atoms with Gasteiger partial charge in [-0.15, -0.1) is 0 Å².